The van der Waals surface area contributed by atoms with Crippen molar-refractivity contribution in [2.45, 2.75) is 56.7 Å². The van der Waals surface area contributed by atoms with Gasteiger partial charge in [0.25, 0.3) is 0 Å². The smallest absolute Gasteiger partial charge is 0.246 e. The summed E-state index contributed by atoms with van der Waals surface area (Å²) < 4.78 is 0. The third-order valence-electron chi connectivity index (χ3n) is 7.47. The Hall–Kier alpha value is -2.79. The van der Waals surface area contributed by atoms with Crippen LogP contribution in [-0.2, 0) is 16.0 Å². The van der Waals surface area contributed by atoms with Crippen LogP contribution in [0.3, 0.4) is 0 Å². The van der Waals surface area contributed by atoms with E-state index in [1.54, 1.807) is 0 Å². The first kappa shape index (κ1) is 19.9. The van der Waals surface area contributed by atoms with Gasteiger partial charge in [-0.05, 0) is 42.2 Å². The fourth-order valence-electron chi connectivity index (χ4n) is 6.01. The third kappa shape index (κ3) is 3.06. The molecule has 1 N–H and O–H groups in total. The van der Waals surface area contributed by atoms with Crippen molar-refractivity contribution < 1.29 is 9.59 Å². The number of amides is 2. The molecule has 6 heteroatoms. The number of hydrogen-bond donors (Lipinski definition) is 1. The highest BCUT2D eigenvalue weighted by atomic mass is 35.5. The Morgan fingerprint density at radius 3 is 2.59 bits per heavy atom. The molecule has 2 aliphatic heterocycles. The molecule has 1 aromatic heterocycles. The molecule has 2 amide bonds. The first-order chi connectivity index (χ1) is 15.6. The molecule has 32 heavy (non-hydrogen) atoms. The molecular weight excluding hydrogens is 422 g/mol. The summed E-state index contributed by atoms with van der Waals surface area (Å²) in [6, 6.07) is 15.2. The summed E-state index contributed by atoms with van der Waals surface area (Å²) in [4.78, 5) is 34.7. The molecule has 1 saturated heterocycles. The standard InChI is InChI=1S/C26H26ClN3O2/c27-17-8-6-7-16(13-17)25-24-20(19-11-4-5-12-21(19)28-24)14-22-26(32)29(15-23(31)30(22)25)18-9-2-1-3-10-18/h4-8,11-13,18,22,25,28H,1-3,9-10,14-15H2/t22-,25-/m0/s1. The van der Waals surface area contributed by atoms with Gasteiger partial charge in [-0.15, -0.1) is 0 Å². The largest absolute Gasteiger partial charge is 0.356 e. The predicted octanol–water partition coefficient (Wildman–Crippen LogP) is 4.84. The molecule has 3 aliphatic rings. The molecule has 2 atom stereocenters. The number of carbonyl (C=O) groups excluding carboxylic acids is 2. The molecule has 0 radical (unpaired) electrons. The Balaban J connectivity index is 1.49. The van der Waals surface area contributed by atoms with Gasteiger partial charge in [-0.25, -0.2) is 0 Å². The molecule has 3 heterocycles. The van der Waals surface area contributed by atoms with Crippen LogP contribution in [0.2, 0.25) is 5.02 Å². The average molecular weight is 448 g/mol. The maximum atomic E-state index is 13.8. The minimum absolute atomic E-state index is 0.0226. The highest BCUT2D eigenvalue weighted by Gasteiger charge is 2.49. The highest BCUT2D eigenvalue weighted by molar-refractivity contribution is 6.30. The number of fused-ring (bicyclic) bond motifs is 4. The first-order valence-electron chi connectivity index (χ1n) is 11.6. The van der Waals surface area contributed by atoms with E-state index in [-0.39, 0.29) is 30.4 Å². The lowest BCUT2D eigenvalue weighted by Gasteiger charge is -2.49. The number of nitrogens with one attached hydrogen (secondary N) is 1. The second-order valence-electron chi connectivity index (χ2n) is 9.30. The second-order valence-corrected chi connectivity index (χ2v) is 9.74. The average Bonchev–Trinajstić information content (AvgIpc) is 3.19. The van der Waals surface area contributed by atoms with Gasteiger partial charge in [0, 0.05) is 34.1 Å². The number of aromatic nitrogens is 1. The molecule has 1 saturated carbocycles. The Labute approximate surface area is 192 Å². The van der Waals surface area contributed by atoms with Crippen molar-refractivity contribution in [3.63, 3.8) is 0 Å². The Morgan fingerprint density at radius 2 is 1.78 bits per heavy atom. The number of H-pyrrole nitrogens is 1. The third-order valence-corrected chi connectivity index (χ3v) is 7.71. The van der Waals surface area contributed by atoms with Crippen LogP contribution in [0.5, 0.6) is 0 Å². The van der Waals surface area contributed by atoms with E-state index in [0.717, 1.165) is 53.4 Å². The van der Waals surface area contributed by atoms with Crippen molar-refractivity contribution in [2.24, 2.45) is 0 Å². The molecule has 164 valence electrons. The zero-order chi connectivity index (χ0) is 21.8. The molecule has 2 fully saturated rings. The molecule has 5 nitrogen and oxygen atoms in total. The van der Waals surface area contributed by atoms with Crippen molar-refractivity contribution in [3.05, 3.63) is 70.4 Å². The number of piperazine rings is 1. The van der Waals surface area contributed by atoms with Crippen LogP contribution in [-0.4, -0.2) is 45.2 Å². The monoisotopic (exact) mass is 447 g/mol. The minimum atomic E-state index is -0.478. The highest BCUT2D eigenvalue weighted by Crippen LogP contribution is 2.43. The van der Waals surface area contributed by atoms with E-state index in [4.69, 9.17) is 11.6 Å². The van der Waals surface area contributed by atoms with Crippen molar-refractivity contribution in [1.82, 2.24) is 14.8 Å². The zero-order valence-electron chi connectivity index (χ0n) is 17.9. The van der Waals surface area contributed by atoms with E-state index in [1.165, 1.54) is 6.42 Å². The molecular formula is C26H26ClN3O2. The first-order valence-corrected chi connectivity index (χ1v) is 12.0. The van der Waals surface area contributed by atoms with Crippen LogP contribution >= 0.6 is 11.6 Å². The molecule has 1 aliphatic carbocycles. The fourth-order valence-corrected chi connectivity index (χ4v) is 6.21. The number of para-hydroxylation sites is 1. The lowest BCUT2D eigenvalue weighted by Crippen LogP contribution is -2.65. The number of halogens is 1. The summed E-state index contributed by atoms with van der Waals surface area (Å²) in [7, 11) is 0. The van der Waals surface area contributed by atoms with Gasteiger partial charge in [0.05, 0.1) is 6.04 Å². The molecule has 0 spiro atoms. The van der Waals surface area contributed by atoms with Gasteiger partial charge in [-0.1, -0.05) is 61.2 Å². The van der Waals surface area contributed by atoms with Gasteiger partial charge < -0.3 is 14.8 Å². The number of hydrogen-bond acceptors (Lipinski definition) is 2. The summed E-state index contributed by atoms with van der Waals surface area (Å²) in [6.07, 6.45) is 6.04. The van der Waals surface area contributed by atoms with Gasteiger partial charge in [0.15, 0.2) is 0 Å². The molecule has 6 rings (SSSR count). The summed E-state index contributed by atoms with van der Waals surface area (Å²) in [5, 5.41) is 1.76. The van der Waals surface area contributed by atoms with Crippen LogP contribution in [0.4, 0.5) is 0 Å². The van der Waals surface area contributed by atoms with E-state index < -0.39 is 6.04 Å². The van der Waals surface area contributed by atoms with E-state index in [0.29, 0.717) is 11.4 Å². The summed E-state index contributed by atoms with van der Waals surface area (Å²) in [5.74, 6) is 0.119. The van der Waals surface area contributed by atoms with E-state index in [2.05, 4.69) is 17.1 Å². The summed E-state index contributed by atoms with van der Waals surface area (Å²) in [6.45, 7) is 0.173. The predicted molar refractivity (Wildman–Crippen MR) is 125 cm³/mol. The second kappa shape index (κ2) is 7.66. The normalized spacial score (nSPS) is 24.0. The van der Waals surface area contributed by atoms with E-state index in [9.17, 15) is 9.59 Å². The van der Waals surface area contributed by atoms with Gasteiger partial charge in [0.1, 0.15) is 12.6 Å². The van der Waals surface area contributed by atoms with Crippen LogP contribution in [0.25, 0.3) is 10.9 Å². The van der Waals surface area contributed by atoms with E-state index in [1.807, 2.05) is 46.2 Å². The number of nitrogens with zero attached hydrogens (tertiary/aromatic N) is 2. The summed E-state index contributed by atoms with van der Waals surface area (Å²) >= 11 is 6.35. The maximum Gasteiger partial charge on any atom is 0.246 e. The van der Waals surface area contributed by atoms with Crippen LogP contribution in [0.15, 0.2) is 48.5 Å². The van der Waals surface area contributed by atoms with Crippen molar-refractivity contribution >= 4 is 34.3 Å². The summed E-state index contributed by atoms with van der Waals surface area (Å²) in [5.41, 5.74) is 4.10. The van der Waals surface area contributed by atoms with Crippen LogP contribution in [0.1, 0.15) is 55.0 Å². The van der Waals surface area contributed by atoms with Crippen LogP contribution < -0.4 is 0 Å². The van der Waals surface area contributed by atoms with E-state index >= 15 is 0 Å². The van der Waals surface area contributed by atoms with Gasteiger partial charge >= 0.3 is 0 Å². The van der Waals surface area contributed by atoms with Crippen LogP contribution in [0, 0.1) is 0 Å². The minimum Gasteiger partial charge on any atom is -0.356 e. The Bertz CT molecular complexity index is 1210. The fraction of sp³-hybridized carbons (Fsp3) is 0.385. The molecule has 0 bridgehead atoms. The lowest BCUT2D eigenvalue weighted by molar-refractivity contribution is -0.161. The van der Waals surface area contributed by atoms with Crippen molar-refractivity contribution in [1.29, 1.82) is 0 Å². The van der Waals surface area contributed by atoms with Crippen molar-refractivity contribution in [3.8, 4) is 0 Å². The maximum absolute atomic E-state index is 13.8. The number of rotatable bonds is 2. The zero-order valence-corrected chi connectivity index (χ0v) is 18.6. The number of carbonyl (C=O) groups is 2. The number of benzene rings is 2. The SMILES string of the molecule is O=C1[C@@H]2Cc3c([nH]c4ccccc34)[C@H](c3cccc(Cl)c3)N2C(=O)CN1C1CCCCC1. The van der Waals surface area contributed by atoms with Crippen molar-refractivity contribution in [2.75, 3.05) is 6.54 Å². The molecule has 3 aromatic rings. The Kier molecular flexibility index (Phi) is 4.76. The van der Waals surface area contributed by atoms with Gasteiger partial charge in [-0.2, -0.15) is 0 Å². The van der Waals surface area contributed by atoms with Gasteiger partial charge in [-0.3, -0.25) is 9.59 Å². The topological polar surface area (TPSA) is 56.4 Å². The molecule has 0 unspecified atom stereocenters. The number of aromatic amines is 1. The molecule has 2 aromatic carbocycles. The quantitative estimate of drug-likeness (QED) is 0.611. The lowest BCUT2D eigenvalue weighted by atomic mass is 9.85. The van der Waals surface area contributed by atoms with Gasteiger partial charge in [0.2, 0.25) is 11.8 Å². The Morgan fingerprint density at radius 1 is 0.969 bits per heavy atom.